The van der Waals surface area contributed by atoms with E-state index in [1.807, 2.05) is 31.2 Å². The molecule has 0 aliphatic heterocycles. The van der Waals surface area contributed by atoms with E-state index in [1.54, 1.807) is 6.26 Å². The van der Waals surface area contributed by atoms with E-state index in [1.165, 1.54) is 0 Å². The van der Waals surface area contributed by atoms with Crippen LogP contribution in [-0.4, -0.2) is 10.9 Å². The molecule has 1 N–H and O–H groups in total. The van der Waals surface area contributed by atoms with Gasteiger partial charge in [0.2, 0.25) is 5.91 Å². The first-order valence-electron chi connectivity index (χ1n) is 7.20. The Morgan fingerprint density at radius 1 is 1.38 bits per heavy atom. The summed E-state index contributed by atoms with van der Waals surface area (Å²) in [5.41, 5.74) is 2.59. The lowest BCUT2D eigenvalue weighted by Crippen LogP contribution is -2.14. The molecule has 0 spiro atoms. The lowest BCUT2D eigenvalue weighted by Gasteiger charge is -2.09. The molecule has 4 heteroatoms. The molecule has 2 aromatic rings. The molecule has 0 saturated heterocycles. The van der Waals surface area contributed by atoms with Crippen molar-refractivity contribution in [3.05, 3.63) is 48.6 Å². The Bertz CT molecular complexity index is 656. The summed E-state index contributed by atoms with van der Waals surface area (Å²) < 4.78 is 5.20. The van der Waals surface area contributed by atoms with Gasteiger partial charge in [-0.05, 0) is 30.9 Å². The van der Waals surface area contributed by atoms with Gasteiger partial charge in [-0.25, -0.2) is 4.98 Å². The number of carbonyl (C=O) groups is 1. The van der Waals surface area contributed by atoms with Crippen molar-refractivity contribution in [3.8, 4) is 11.3 Å². The van der Waals surface area contributed by atoms with Crippen LogP contribution in [0.3, 0.4) is 0 Å². The Labute approximate surface area is 123 Å². The molecule has 1 aliphatic carbocycles. The average Bonchev–Trinajstić information content (AvgIpc) is 3.11. The fraction of sp³-hybridized carbons (Fsp3) is 0.294. The summed E-state index contributed by atoms with van der Waals surface area (Å²) in [7, 11) is 0. The van der Waals surface area contributed by atoms with Gasteiger partial charge in [0.05, 0.1) is 0 Å². The lowest BCUT2D eigenvalue weighted by molar-refractivity contribution is -0.116. The van der Waals surface area contributed by atoms with E-state index in [0.717, 1.165) is 29.8 Å². The van der Waals surface area contributed by atoms with Crippen molar-refractivity contribution in [3.63, 3.8) is 0 Å². The van der Waals surface area contributed by atoms with Crippen molar-refractivity contribution in [2.45, 2.75) is 26.2 Å². The molecule has 108 valence electrons. The fourth-order valence-corrected chi connectivity index (χ4v) is 2.54. The molecule has 1 aromatic heterocycles. The van der Waals surface area contributed by atoms with Gasteiger partial charge < -0.3 is 9.73 Å². The molecule has 1 aromatic carbocycles. The van der Waals surface area contributed by atoms with Crippen LogP contribution in [0.2, 0.25) is 0 Å². The maximum Gasteiger partial charge on any atom is 0.224 e. The van der Waals surface area contributed by atoms with Gasteiger partial charge in [0.1, 0.15) is 12.0 Å². The van der Waals surface area contributed by atoms with Gasteiger partial charge in [-0.3, -0.25) is 4.79 Å². The molecule has 1 heterocycles. The van der Waals surface area contributed by atoms with Crippen LogP contribution in [0.5, 0.6) is 0 Å². The van der Waals surface area contributed by atoms with E-state index >= 15 is 0 Å². The Morgan fingerprint density at radius 3 is 2.81 bits per heavy atom. The molecule has 1 atom stereocenters. The molecule has 1 amide bonds. The smallest absolute Gasteiger partial charge is 0.224 e. The minimum absolute atomic E-state index is 0.0663. The zero-order valence-corrected chi connectivity index (χ0v) is 12.0. The summed E-state index contributed by atoms with van der Waals surface area (Å²) in [4.78, 5) is 16.2. The number of carbonyl (C=O) groups excluding carboxylic acids is 1. The molecule has 0 fully saturated rings. The standard InChI is InChI=1S/C17H18N2O2/c1-12-18-16(11-21-12)14-6-8-15(9-7-14)19-17(20)10-13-4-2-3-5-13/h2,4,6-9,11,13H,3,5,10H2,1H3,(H,19,20)/t13-/m0/s1. The fourth-order valence-electron chi connectivity index (χ4n) is 2.54. The molecule has 3 rings (SSSR count). The van der Waals surface area contributed by atoms with E-state index in [4.69, 9.17) is 4.42 Å². The van der Waals surface area contributed by atoms with Crippen molar-refractivity contribution >= 4 is 11.6 Å². The van der Waals surface area contributed by atoms with E-state index < -0.39 is 0 Å². The Balaban J connectivity index is 1.61. The van der Waals surface area contributed by atoms with E-state index in [2.05, 4.69) is 22.5 Å². The zero-order chi connectivity index (χ0) is 14.7. The SMILES string of the molecule is Cc1nc(-c2ccc(NC(=O)C[C@H]3C=CCC3)cc2)co1. The summed E-state index contributed by atoms with van der Waals surface area (Å²) in [5, 5.41) is 2.94. The van der Waals surface area contributed by atoms with Crippen LogP contribution < -0.4 is 5.32 Å². The Kier molecular flexibility index (Phi) is 3.86. The van der Waals surface area contributed by atoms with Crippen molar-refractivity contribution < 1.29 is 9.21 Å². The highest BCUT2D eigenvalue weighted by molar-refractivity contribution is 5.91. The third kappa shape index (κ3) is 3.40. The van der Waals surface area contributed by atoms with Gasteiger partial charge in [0, 0.05) is 24.6 Å². The number of aromatic nitrogens is 1. The van der Waals surface area contributed by atoms with Crippen molar-refractivity contribution in [1.29, 1.82) is 0 Å². The maximum atomic E-state index is 12.0. The van der Waals surface area contributed by atoms with Gasteiger partial charge in [-0.15, -0.1) is 0 Å². The monoisotopic (exact) mass is 282 g/mol. The largest absolute Gasteiger partial charge is 0.449 e. The summed E-state index contributed by atoms with van der Waals surface area (Å²) in [6.07, 6.45) is 8.64. The minimum atomic E-state index is 0.0663. The van der Waals surface area contributed by atoms with Gasteiger partial charge in [-0.1, -0.05) is 24.3 Å². The van der Waals surface area contributed by atoms with Crippen LogP contribution in [0.1, 0.15) is 25.2 Å². The van der Waals surface area contributed by atoms with Crippen LogP contribution in [0.4, 0.5) is 5.69 Å². The zero-order valence-electron chi connectivity index (χ0n) is 12.0. The summed E-state index contributed by atoms with van der Waals surface area (Å²) in [6.45, 7) is 1.82. The number of anilines is 1. The predicted molar refractivity (Wildman–Crippen MR) is 81.8 cm³/mol. The third-order valence-electron chi connectivity index (χ3n) is 3.64. The molecular weight excluding hydrogens is 264 g/mol. The van der Waals surface area contributed by atoms with Crippen molar-refractivity contribution in [1.82, 2.24) is 4.98 Å². The van der Waals surface area contributed by atoms with Gasteiger partial charge in [0.25, 0.3) is 0 Å². The molecule has 0 bridgehead atoms. The highest BCUT2D eigenvalue weighted by Gasteiger charge is 2.14. The van der Waals surface area contributed by atoms with Crippen molar-refractivity contribution in [2.24, 2.45) is 5.92 Å². The predicted octanol–water partition coefficient (Wildman–Crippen LogP) is 3.94. The number of oxazole rings is 1. The number of nitrogens with zero attached hydrogens (tertiary/aromatic N) is 1. The number of nitrogens with one attached hydrogen (secondary N) is 1. The first kappa shape index (κ1) is 13.6. The van der Waals surface area contributed by atoms with Crippen LogP contribution in [0.15, 0.2) is 47.1 Å². The van der Waals surface area contributed by atoms with E-state index in [9.17, 15) is 4.79 Å². The second-order valence-electron chi connectivity index (χ2n) is 5.35. The van der Waals surface area contributed by atoms with E-state index in [0.29, 0.717) is 18.2 Å². The summed E-state index contributed by atoms with van der Waals surface area (Å²) in [5.74, 6) is 1.10. The number of hydrogen-bond donors (Lipinski definition) is 1. The number of benzene rings is 1. The number of rotatable bonds is 4. The number of aryl methyl sites for hydroxylation is 1. The van der Waals surface area contributed by atoms with Gasteiger partial charge >= 0.3 is 0 Å². The highest BCUT2D eigenvalue weighted by atomic mass is 16.3. The highest BCUT2D eigenvalue weighted by Crippen LogP contribution is 2.23. The topological polar surface area (TPSA) is 55.1 Å². The first-order chi connectivity index (χ1) is 10.2. The average molecular weight is 282 g/mol. The molecule has 0 radical (unpaired) electrons. The minimum Gasteiger partial charge on any atom is -0.449 e. The summed E-state index contributed by atoms with van der Waals surface area (Å²) in [6, 6.07) is 7.65. The molecular formula is C17H18N2O2. The molecule has 0 saturated carbocycles. The molecule has 21 heavy (non-hydrogen) atoms. The first-order valence-corrected chi connectivity index (χ1v) is 7.20. The quantitative estimate of drug-likeness (QED) is 0.864. The third-order valence-corrected chi connectivity index (χ3v) is 3.64. The van der Waals surface area contributed by atoms with Crippen LogP contribution in [-0.2, 0) is 4.79 Å². The Hall–Kier alpha value is -2.36. The molecule has 0 unspecified atom stereocenters. The Morgan fingerprint density at radius 2 is 2.19 bits per heavy atom. The number of allylic oxidation sites excluding steroid dienone is 2. The lowest BCUT2D eigenvalue weighted by atomic mass is 10.0. The number of amides is 1. The second-order valence-corrected chi connectivity index (χ2v) is 5.35. The summed E-state index contributed by atoms with van der Waals surface area (Å²) >= 11 is 0. The molecule has 1 aliphatic rings. The van der Waals surface area contributed by atoms with Crippen molar-refractivity contribution in [2.75, 3.05) is 5.32 Å². The normalized spacial score (nSPS) is 17.1. The molecule has 4 nitrogen and oxygen atoms in total. The number of hydrogen-bond acceptors (Lipinski definition) is 3. The second kappa shape index (κ2) is 5.95. The maximum absolute atomic E-state index is 12.0. The van der Waals surface area contributed by atoms with Gasteiger partial charge in [0.15, 0.2) is 5.89 Å². The van der Waals surface area contributed by atoms with Crippen LogP contribution >= 0.6 is 0 Å². The van der Waals surface area contributed by atoms with Crippen LogP contribution in [0.25, 0.3) is 11.3 Å². The van der Waals surface area contributed by atoms with Gasteiger partial charge in [-0.2, -0.15) is 0 Å². The van der Waals surface area contributed by atoms with E-state index in [-0.39, 0.29) is 5.91 Å². The van der Waals surface area contributed by atoms with Crippen LogP contribution in [0, 0.1) is 12.8 Å².